The molecule has 1 saturated heterocycles. The number of ether oxygens (including phenoxy) is 1. The van der Waals surface area contributed by atoms with Crippen molar-refractivity contribution in [3.63, 3.8) is 0 Å². The first-order chi connectivity index (χ1) is 9.25. The Bertz CT molecular complexity index is 451. The molecule has 1 unspecified atom stereocenters. The molecular formula is C17H28N2O. The normalized spacial score (nSPS) is 23.8. The molecule has 1 aliphatic heterocycles. The molecule has 20 heavy (non-hydrogen) atoms. The van der Waals surface area contributed by atoms with Gasteiger partial charge in [0.05, 0.1) is 17.2 Å². The summed E-state index contributed by atoms with van der Waals surface area (Å²) in [6.45, 7) is 12.0. The summed E-state index contributed by atoms with van der Waals surface area (Å²) in [5.74, 6) is 0. The maximum absolute atomic E-state index is 6.25. The number of anilines is 2. The Hall–Kier alpha value is -1.22. The van der Waals surface area contributed by atoms with E-state index in [9.17, 15) is 0 Å². The van der Waals surface area contributed by atoms with Crippen molar-refractivity contribution >= 4 is 11.4 Å². The van der Waals surface area contributed by atoms with E-state index in [4.69, 9.17) is 10.5 Å². The molecule has 1 atom stereocenters. The summed E-state index contributed by atoms with van der Waals surface area (Å²) in [5, 5.41) is 0. The molecule has 1 heterocycles. The molecule has 0 aromatic heterocycles. The largest absolute Gasteiger partial charge is 0.399 e. The summed E-state index contributed by atoms with van der Waals surface area (Å²) in [5.41, 5.74) is 7.66. The molecule has 0 bridgehead atoms. The van der Waals surface area contributed by atoms with Gasteiger partial charge in [-0.1, -0.05) is 6.92 Å². The minimum absolute atomic E-state index is 0.0615. The average molecular weight is 276 g/mol. The van der Waals surface area contributed by atoms with Gasteiger partial charge < -0.3 is 15.4 Å². The predicted octanol–water partition coefficient (Wildman–Crippen LogP) is 3.83. The van der Waals surface area contributed by atoms with Crippen LogP contribution in [0.5, 0.6) is 0 Å². The van der Waals surface area contributed by atoms with Gasteiger partial charge in [0.15, 0.2) is 0 Å². The maximum Gasteiger partial charge on any atom is 0.0837 e. The number of nitrogen functional groups attached to an aromatic ring is 1. The van der Waals surface area contributed by atoms with Gasteiger partial charge in [-0.3, -0.25) is 0 Å². The quantitative estimate of drug-likeness (QED) is 0.849. The average Bonchev–Trinajstić information content (AvgIpc) is 2.55. The van der Waals surface area contributed by atoms with Crippen LogP contribution in [-0.4, -0.2) is 23.8 Å². The molecule has 1 aromatic rings. The standard InChI is InChI=1S/C17H28N2O/c1-6-11-19(14-9-7-13(18)8-10-14)15-12-16(2,3)20-17(15,4)5/h7-10,15H,6,11-12,18H2,1-5H3. The van der Waals surface area contributed by atoms with Gasteiger partial charge in [-0.15, -0.1) is 0 Å². The summed E-state index contributed by atoms with van der Waals surface area (Å²) in [7, 11) is 0. The van der Waals surface area contributed by atoms with Crippen LogP contribution in [0.25, 0.3) is 0 Å². The molecule has 3 heteroatoms. The third-order valence-electron chi connectivity index (χ3n) is 4.09. The highest BCUT2D eigenvalue weighted by Crippen LogP contribution is 2.41. The number of nitrogens with zero attached hydrogens (tertiary/aromatic N) is 1. The van der Waals surface area contributed by atoms with Crippen molar-refractivity contribution in [1.29, 1.82) is 0 Å². The SMILES string of the molecule is CCCN(c1ccc(N)cc1)C1CC(C)(C)OC1(C)C. The van der Waals surface area contributed by atoms with E-state index in [-0.39, 0.29) is 11.2 Å². The fourth-order valence-electron chi connectivity index (χ4n) is 3.39. The smallest absolute Gasteiger partial charge is 0.0837 e. The van der Waals surface area contributed by atoms with E-state index in [1.165, 1.54) is 5.69 Å². The van der Waals surface area contributed by atoms with Gasteiger partial charge in [0.25, 0.3) is 0 Å². The highest BCUT2D eigenvalue weighted by Gasteiger charge is 2.48. The van der Waals surface area contributed by atoms with Gasteiger partial charge in [0.2, 0.25) is 0 Å². The number of nitrogens with two attached hydrogens (primary N) is 1. The summed E-state index contributed by atoms with van der Waals surface area (Å²) in [6.07, 6.45) is 2.17. The first-order valence-electron chi connectivity index (χ1n) is 7.57. The van der Waals surface area contributed by atoms with Gasteiger partial charge in [0, 0.05) is 17.9 Å². The van der Waals surface area contributed by atoms with Crippen LogP contribution in [0.3, 0.4) is 0 Å². The zero-order valence-corrected chi connectivity index (χ0v) is 13.4. The second-order valence-electron chi connectivity index (χ2n) is 6.97. The summed E-state index contributed by atoms with van der Waals surface area (Å²) >= 11 is 0. The molecule has 3 nitrogen and oxygen atoms in total. The lowest BCUT2D eigenvalue weighted by molar-refractivity contribution is -0.0679. The van der Waals surface area contributed by atoms with Gasteiger partial charge >= 0.3 is 0 Å². The molecular weight excluding hydrogens is 248 g/mol. The third-order valence-corrected chi connectivity index (χ3v) is 4.09. The Morgan fingerprint density at radius 2 is 1.80 bits per heavy atom. The highest BCUT2D eigenvalue weighted by molar-refractivity contribution is 5.54. The lowest BCUT2D eigenvalue weighted by Gasteiger charge is -2.38. The Kier molecular flexibility index (Phi) is 4.01. The van der Waals surface area contributed by atoms with E-state index in [1.807, 2.05) is 12.1 Å². The van der Waals surface area contributed by atoms with Crippen molar-refractivity contribution in [3.8, 4) is 0 Å². The van der Waals surface area contributed by atoms with E-state index in [2.05, 4.69) is 51.7 Å². The second kappa shape index (κ2) is 5.28. The summed E-state index contributed by atoms with van der Waals surface area (Å²) in [6, 6.07) is 8.58. The molecule has 0 spiro atoms. The highest BCUT2D eigenvalue weighted by atomic mass is 16.5. The summed E-state index contributed by atoms with van der Waals surface area (Å²) < 4.78 is 6.25. The first kappa shape index (κ1) is 15.2. The Balaban J connectivity index is 2.31. The van der Waals surface area contributed by atoms with Gasteiger partial charge in [-0.25, -0.2) is 0 Å². The molecule has 0 amide bonds. The van der Waals surface area contributed by atoms with Gasteiger partial charge in [-0.05, 0) is 64.8 Å². The van der Waals surface area contributed by atoms with Crippen molar-refractivity contribution in [2.75, 3.05) is 17.2 Å². The fraction of sp³-hybridized carbons (Fsp3) is 0.647. The molecule has 1 aliphatic rings. The fourth-order valence-corrected chi connectivity index (χ4v) is 3.39. The van der Waals surface area contributed by atoms with E-state index >= 15 is 0 Å². The van der Waals surface area contributed by atoms with Crippen LogP contribution in [0.15, 0.2) is 24.3 Å². The zero-order valence-electron chi connectivity index (χ0n) is 13.4. The van der Waals surface area contributed by atoms with Crippen LogP contribution >= 0.6 is 0 Å². The number of hydrogen-bond acceptors (Lipinski definition) is 3. The Labute approximate surface area is 123 Å². The molecule has 2 rings (SSSR count). The zero-order chi connectivity index (χ0) is 15.0. The minimum atomic E-state index is -0.139. The van der Waals surface area contributed by atoms with Gasteiger partial charge in [-0.2, -0.15) is 0 Å². The van der Waals surface area contributed by atoms with Crippen LogP contribution in [0.1, 0.15) is 47.5 Å². The number of hydrogen-bond donors (Lipinski definition) is 1. The molecule has 0 radical (unpaired) electrons. The van der Waals surface area contributed by atoms with E-state index in [1.54, 1.807) is 0 Å². The van der Waals surface area contributed by atoms with Gasteiger partial charge in [0.1, 0.15) is 0 Å². The molecule has 2 N–H and O–H groups in total. The second-order valence-corrected chi connectivity index (χ2v) is 6.97. The van der Waals surface area contributed by atoms with E-state index in [0.29, 0.717) is 6.04 Å². The molecule has 0 aliphatic carbocycles. The van der Waals surface area contributed by atoms with E-state index in [0.717, 1.165) is 25.1 Å². The third kappa shape index (κ3) is 3.09. The van der Waals surface area contributed by atoms with Crippen LogP contribution < -0.4 is 10.6 Å². The molecule has 112 valence electrons. The van der Waals surface area contributed by atoms with Crippen LogP contribution in [0.4, 0.5) is 11.4 Å². The topological polar surface area (TPSA) is 38.5 Å². The Morgan fingerprint density at radius 3 is 2.25 bits per heavy atom. The maximum atomic E-state index is 6.25. The predicted molar refractivity (Wildman–Crippen MR) is 86.1 cm³/mol. The minimum Gasteiger partial charge on any atom is -0.399 e. The number of rotatable bonds is 4. The lowest BCUT2D eigenvalue weighted by Crippen LogP contribution is -2.47. The van der Waals surface area contributed by atoms with Crippen molar-refractivity contribution in [1.82, 2.24) is 0 Å². The van der Waals surface area contributed by atoms with Crippen LogP contribution in [0, 0.1) is 0 Å². The molecule has 0 saturated carbocycles. The molecule has 1 aromatic carbocycles. The van der Waals surface area contributed by atoms with E-state index < -0.39 is 0 Å². The lowest BCUT2D eigenvalue weighted by atomic mass is 9.92. The van der Waals surface area contributed by atoms with Crippen molar-refractivity contribution in [2.24, 2.45) is 0 Å². The van der Waals surface area contributed by atoms with Crippen molar-refractivity contribution in [3.05, 3.63) is 24.3 Å². The molecule has 1 fully saturated rings. The number of benzene rings is 1. The van der Waals surface area contributed by atoms with Crippen LogP contribution in [0.2, 0.25) is 0 Å². The monoisotopic (exact) mass is 276 g/mol. The summed E-state index contributed by atoms with van der Waals surface area (Å²) in [4.78, 5) is 2.48. The van der Waals surface area contributed by atoms with Crippen molar-refractivity contribution < 1.29 is 4.74 Å². The Morgan fingerprint density at radius 1 is 1.20 bits per heavy atom. The van der Waals surface area contributed by atoms with Crippen LogP contribution in [-0.2, 0) is 4.74 Å². The first-order valence-corrected chi connectivity index (χ1v) is 7.57. The van der Waals surface area contributed by atoms with Crippen molar-refractivity contribution in [2.45, 2.75) is 64.7 Å².